The van der Waals surface area contributed by atoms with Gasteiger partial charge in [-0.25, -0.2) is 0 Å². The fourth-order valence-electron chi connectivity index (χ4n) is 1.84. The summed E-state index contributed by atoms with van der Waals surface area (Å²) < 4.78 is 1.32. The van der Waals surface area contributed by atoms with Gasteiger partial charge in [0.15, 0.2) is 0 Å². The van der Waals surface area contributed by atoms with E-state index in [1.807, 2.05) is 58.2 Å². The van der Waals surface area contributed by atoms with E-state index in [9.17, 15) is 4.79 Å². The van der Waals surface area contributed by atoms with Crippen LogP contribution in [0.3, 0.4) is 0 Å². The Bertz CT molecular complexity index is 742. The summed E-state index contributed by atoms with van der Waals surface area (Å²) in [5.41, 5.74) is 1.92. The average Bonchev–Trinajstić information content (AvgIpc) is 2.46. The van der Waals surface area contributed by atoms with Crippen molar-refractivity contribution in [1.29, 1.82) is 0 Å². The zero-order valence-corrected chi connectivity index (χ0v) is 14.3. The van der Waals surface area contributed by atoms with Gasteiger partial charge in [0.05, 0.1) is 6.21 Å². The molecule has 5 nitrogen and oxygen atoms in total. The van der Waals surface area contributed by atoms with Crippen LogP contribution in [0.1, 0.15) is 37.6 Å². The number of thioether (sulfide) groups is 1. The van der Waals surface area contributed by atoms with Gasteiger partial charge in [-0.15, -0.1) is 10.2 Å². The lowest BCUT2D eigenvalue weighted by Gasteiger charge is -2.16. The molecule has 0 atom stereocenters. The topological polar surface area (TPSA) is 60.1 Å². The second kappa shape index (κ2) is 6.44. The van der Waals surface area contributed by atoms with Gasteiger partial charge in [0, 0.05) is 5.41 Å². The van der Waals surface area contributed by atoms with Gasteiger partial charge < -0.3 is 0 Å². The minimum atomic E-state index is -0.373. The van der Waals surface area contributed by atoms with E-state index in [4.69, 9.17) is 0 Å². The molecule has 0 bridgehead atoms. The summed E-state index contributed by atoms with van der Waals surface area (Å²) in [6, 6.07) is 7.93. The van der Waals surface area contributed by atoms with Crippen LogP contribution in [0.25, 0.3) is 0 Å². The van der Waals surface area contributed by atoms with Crippen molar-refractivity contribution in [3.05, 3.63) is 51.4 Å². The van der Waals surface area contributed by atoms with Crippen LogP contribution in [0, 0.1) is 6.92 Å². The lowest BCUT2D eigenvalue weighted by molar-refractivity contribution is 0.510. The molecule has 1 heterocycles. The number of hydrogen-bond donors (Lipinski definition) is 0. The first kappa shape index (κ1) is 16.4. The van der Waals surface area contributed by atoms with Crippen molar-refractivity contribution < 1.29 is 0 Å². The Balaban J connectivity index is 2.49. The van der Waals surface area contributed by atoms with Crippen LogP contribution in [-0.4, -0.2) is 27.3 Å². The minimum absolute atomic E-state index is 0.227. The van der Waals surface area contributed by atoms with E-state index < -0.39 is 0 Å². The van der Waals surface area contributed by atoms with Gasteiger partial charge in [-0.2, -0.15) is 9.78 Å². The van der Waals surface area contributed by atoms with E-state index in [-0.39, 0.29) is 11.0 Å². The highest BCUT2D eigenvalue weighted by Crippen LogP contribution is 2.17. The molecule has 0 aliphatic carbocycles. The Morgan fingerprint density at radius 3 is 2.36 bits per heavy atom. The highest BCUT2D eigenvalue weighted by atomic mass is 32.2. The molecule has 0 unspecified atom stereocenters. The molecule has 0 saturated heterocycles. The second-order valence-electron chi connectivity index (χ2n) is 6.06. The molecule has 0 radical (unpaired) electrons. The molecular formula is C16H20N4OS. The average molecular weight is 316 g/mol. The van der Waals surface area contributed by atoms with Crippen LogP contribution >= 0.6 is 11.8 Å². The fraction of sp³-hybridized carbons (Fsp3) is 0.375. The summed E-state index contributed by atoms with van der Waals surface area (Å²) in [6.45, 7) is 7.83. The van der Waals surface area contributed by atoms with Gasteiger partial charge in [0.1, 0.15) is 5.69 Å². The molecule has 116 valence electrons. The third-order valence-electron chi connectivity index (χ3n) is 3.10. The molecule has 6 heteroatoms. The smallest absolute Gasteiger partial charge is 0.265 e. The second-order valence-corrected chi connectivity index (χ2v) is 6.83. The predicted octanol–water partition coefficient (Wildman–Crippen LogP) is 2.85. The van der Waals surface area contributed by atoms with E-state index in [0.717, 1.165) is 5.56 Å². The van der Waals surface area contributed by atoms with Crippen molar-refractivity contribution in [2.45, 2.75) is 38.3 Å². The number of hydrogen-bond acceptors (Lipinski definition) is 5. The third kappa shape index (κ3) is 3.62. The summed E-state index contributed by atoms with van der Waals surface area (Å²) in [4.78, 5) is 12.6. The molecule has 2 aromatic rings. The van der Waals surface area contributed by atoms with Crippen LogP contribution in [0.2, 0.25) is 0 Å². The van der Waals surface area contributed by atoms with E-state index >= 15 is 0 Å². The molecular weight excluding hydrogens is 296 g/mol. The van der Waals surface area contributed by atoms with Gasteiger partial charge in [0.2, 0.25) is 5.16 Å². The summed E-state index contributed by atoms with van der Waals surface area (Å²) in [5.74, 6) is 0. The van der Waals surface area contributed by atoms with Gasteiger partial charge >= 0.3 is 0 Å². The summed E-state index contributed by atoms with van der Waals surface area (Å²) in [6.07, 6.45) is 3.51. The number of nitrogens with zero attached hydrogens (tertiary/aromatic N) is 4. The van der Waals surface area contributed by atoms with Gasteiger partial charge in [-0.05, 0) is 18.7 Å². The van der Waals surface area contributed by atoms with E-state index in [0.29, 0.717) is 10.9 Å². The normalized spacial score (nSPS) is 12.0. The zero-order valence-electron chi connectivity index (χ0n) is 13.5. The Hall–Kier alpha value is -1.95. The van der Waals surface area contributed by atoms with E-state index in [1.54, 1.807) is 6.21 Å². The summed E-state index contributed by atoms with van der Waals surface area (Å²) in [7, 11) is 0. The monoisotopic (exact) mass is 316 g/mol. The molecule has 2 rings (SSSR count). The lowest BCUT2D eigenvalue weighted by Crippen LogP contribution is -2.32. The molecule has 1 aromatic heterocycles. The summed E-state index contributed by atoms with van der Waals surface area (Å²) >= 11 is 1.34. The van der Waals surface area contributed by atoms with Crippen molar-refractivity contribution in [2.75, 3.05) is 6.26 Å². The Kier molecular flexibility index (Phi) is 4.81. The lowest BCUT2D eigenvalue weighted by atomic mass is 9.93. The minimum Gasteiger partial charge on any atom is -0.265 e. The van der Waals surface area contributed by atoms with Crippen LogP contribution in [-0.2, 0) is 5.41 Å². The van der Waals surface area contributed by atoms with E-state index in [2.05, 4.69) is 15.3 Å². The molecule has 22 heavy (non-hydrogen) atoms. The van der Waals surface area contributed by atoms with Crippen LogP contribution < -0.4 is 5.56 Å². The molecule has 1 aromatic carbocycles. The van der Waals surface area contributed by atoms with Crippen molar-refractivity contribution in [3.8, 4) is 0 Å². The van der Waals surface area contributed by atoms with Crippen LogP contribution in [0.4, 0.5) is 0 Å². The third-order valence-corrected chi connectivity index (χ3v) is 3.72. The van der Waals surface area contributed by atoms with Crippen molar-refractivity contribution in [1.82, 2.24) is 14.9 Å². The molecule has 0 saturated carbocycles. The van der Waals surface area contributed by atoms with Gasteiger partial charge in [-0.3, -0.25) is 4.79 Å². The molecule has 0 spiro atoms. The number of aryl methyl sites for hydroxylation is 1. The number of rotatable bonds is 3. The maximum atomic E-state index is 12.6. The Morgan fingerprint density at radius 1 is 1.18 bits per heavy atom. The highest BCUT2D eigenvalue weighted by molar-refractivity contribution is 7.98. The first-order valence-corrected chi connectivity index (χ1v) is 8.20. The number of aromatic nitrogens is 3. The maximum Gasteiger partial charge on any atom is 0.297 e. The van der Waals surface area contributed by atoms with Crippen molar-refractivity contribution in [2.24, 2.45) is 5.10 Å². The molecule has 0 fully saturated rings. The molecule has 0 aliphatic rings. The van der Waals surface area contributed by atoms with Crippen LogP contribution in [0.15, 0.2) is 39.3 Å². The quantitative estimate of drug-likeness (QED) is 0.645. The largest absolute Gasteiger partial charge is 0.297 e. The zero-order chi connectivity index (χ0) is 16.3. The van der Waals surface area contributed by atoms with E-state index in [1.165, 1.54) is 22.0 Å². The fourth-order valence-corrected chi connectivity index (χ4v) is 2.27. The summed E-state index contributed by atoms with van der Waals surface area (Å²) in [5, 5.41) is 13.0. The first-order valence-electron chi connectivity index (χ1n) is 6.98. The molecule has 0 amide bonds. The first-order chi connectivity index (χ1) is 10.3. The van der Waals surface area contributed by atoms with Gasteiger partial charge in [-0.1, -0.05) is 62.4 Å². The maximum absolute atomic E-state index is 12.6. The van der Waals surface area contributed by atoms with Crippen molar-refractivity contribution in [3.63, 3.8) is 0 Å². The Morgan fingerprint density at radius 2 is 1.82 bits per heavy atom. The standard InChI is InChI=1S/C16H20N4OS/c1-11-6-8-12(9-7-11)10-17-20-14(21)13(16(2,3)4)18-19-15(20)22-5/h6-10H,1-5H3. The highest BCUT2D eigenvalue weighted by Gasteiger charge is 2.23. The van der Waals surface area contributed by atoms with Crippen molar-refractivity contribution >= 4 is 18.0 Å². The molecule has 0 aliphatic heterocycles. The molecule has 0 N–H and O–H groups in total. The van der Waals surface area contributed by atoms with Crippen LogP contribution in [0.5, 0.6) is 0 Å². The Labute approximate surface area is 134 Å². The number of benzene rings is 1. The van der Waals surface area contributed by atoms with Gasteiger partial charge in [0.25, 0.3) is 5.56 Å². The predicted molar refractivity (Wildman–Crippen MR) is 90.9 cm³/mol. The SMILES string of the molecule is CSc1nnc(C(C)(C)C)c(=O)n1N=Cc1ccc(C)cc1.